The molecule has 0 amide bonds. The molecule has 9 nitrogen and oxygen atoms in total. The molecule has 0 radical (unpaired) electrons. The summed E-state index contributed by atoms with van der Waals surface area (Å²) in [7, 11) is 6.43. The number of hydrogen-bond donors (Lipinski definition) is 3. The van der Waals surface area contributed by atoms with Gasteiger partial charge in [-0.2, -0.15) is 0 Å². The summed E-state index contributed by atoms with van der Waals surface area (Å²) in [6.45, 7) is 0.624. The summed E-state index contributed by atoms with van der Waals surface area (Å²) in [5.74, 6) is 3.73. The topological polar surface area (TPSA) is 113 Å². The normalized spacial score (nSPS) is 10.3. The Morgan fingerprint density at radius 3 is 2.23 bits per heavy atom. The Hall–Kier alpha value is -3.88. The van der Waals surface area contributed by atoms with E-state index in [9.17, 15) is 0 Å². The lowest BCUT2D eigenvalue weighted by molar-refractivity contribution is 0.354. The molecule has 0 spiro atoms. The molecule has 31 heavy (non-hydrogen) atoms. The van der Waals surface area contributed by atoms with Crippen LogP contribution in [0.2, 0.25) is 0 Å². The number of ether oxygens (including phenoxy) is 4. The van der Waals surface area contributed by atoms with Crippen molar-refractivity contribution in [2.45, 2.75) is 6.42 Å². The highest BCUT2D eigenvalue weighted by Crippen LogP contribution is 2.34. The van der Waals surface area contributed by atoms with Crippen LogP contribution in [0.5, 0.6) is 23.0 Å². The second-order valence-electron chi connectivity index (χ2n) is 6.54. The van der Waals surface area contributed by atoms with Gasteiger partial charge in [0.15, 0.2) is 23.1 Å². The molecule has 3 rings (SSSR count). The van der Waals surface area contributed by atoms with Crippen molar-refractivity contribution in [3.05, 3.63) is 48.3 Å². The van der Waals surface area contributed by atoms with Gasteiger partial charge in [0.05, 0.1) is 34.1 Å². The fourth-order valence-corrected chi connectivity index (χ4v) is 3.04. The number of rotatable bonds is 10. The van der Waals surface area contributed by atoms with Crippen LogP contribution in [-0.2, 0) is 6.42 Å². The molecule has 0 atom stereocenters. The molecule has 0 aliphatic carbocycles. The summed E-state index contributed by atoms with van der Waals surface area (Å²) in [5, 5.41) is 6.45. The average molecular weight is 425 g/mol. The van der Waals surface area contributed by atoms with Crippen LogP contribution in [0.1, 0.15) is 5.56 Å². The van der Waals surface area contributed by atoms with Gasteiger partial charge < -0.3 is 35.3 Å². The van der Waals surface area contributed by atoms with Gasteiger partial charge in [0.25, 0.3) is 0 Å². The van der Waals surface area contributed by atoms with E-state index in [1.807, 2.05) is 30.3 Å². The average Bonchev–Trinajstić information content (AvgIpc) is 2.81. The van der Waals surface area contributed by atoms with Gasteiger partial charge in [0.1, 0.15) is 23.5 Å². The fraction of sp³-hybridized carbons (Fsp3) is 0.273. The van der Waals surface area contributed by atoms with Crippen LogP contribution in [0.15, 0.2) is 42.7 Å². The van der Waals surface area contributed by atoms with Crippen molar-refractivity contribution in [2.75, 3.05) is 51.4 Å². The number of nitrogens with two attached hydrogens (primary N) is 1. The Kier molecular flexibility index (Phi) is 7.21. The molecule has 3 aromatic rings. The number of nitrogens with one attached hydrogen (secondary N) is 2. The quantitative estimate of drug-likeness (QED) is 0.449. The Labute approximate surface area is 181 Å². The number of aromatic nitrogens is 2. The van der Waals surface area contributed by atoms with Gasteiger partial charge in [0.2, 0.25) is 0 Å². The van der Waals surface area contributed by atoms with E-state index < -0.39 is 0 Å². The first-order chi connectivity index (χ1) is 15.1. The standard InChI is InChI=1S/C22H27N5O4/c1-28-15-6-8-17(29-2)16(12-15)27-22-20(23)21(25-13-26-22)24-10-9-14-5-7-18(30-3)19(11-14)31-4/h5-8,11-13H,9-10,23H2,1-4H3,(H2,24,25,26,27). The fourth-order valence-electron chi connectivity index (χ4n) is 3.04. The highest BCUT2D eigenvalue weighted by Gasteiger charge is 2.12. The van der Waals surface area contributed by atoms with Crippen molar-refractivity contribution in [1.29, 1.82) is 0 Å². The minimum absolute atomic E-state index is 0.402. The van der Waals surface area contributed by atoms with Crippen LogP contribution in [0.4, 0.5) is 23.0 Å². The van der Waals surface area contributed by atoms with Crippen molar-refractivity contribution in [3.8, 4) is 23.0 Å². The van der Waals surface area contributed by atoms with Crippen LogP contribution >= 0.6 is 0 Å². The van der Waals surface area contributed by atoms with E-state index in [0.29, 0.717) is 52.6 Å². The number of anilines is 4. The molecule has 0 bridgehead atoms. The van der Waals surface area contributed by atoms with E-state index in [0.717, 1.165) is 12.0 Å². The largest absolute Gasteiger partial charge is 0.497 e. The highest BCUT2D eigenvalue weighted by molar-refractivity contribution is 5.79. The number of nitrogen functional groups attached to an aromatic ring is 1. The molecule has 0 unspecified atom stereocenters. The van der Waals surface area contributed by atoms with Crippen LogP contribution in [-0.4, -0.2) is 45.0 Å². The molecule has 0 saturated carbocycles. The molecule has 0 aliphatic heterocycles. The van der Waals surface area contributed by atoms with Gasteiger partial charge in [-0.3, -0.25) is 0 Å². The number of benzene rings is 2. The predicted octanol–water partition coefficient (Wildman–Crippen LogP) is 3.49. The van der Waals surface area contributed by atoms with E-state index in [-0.39, 0.29) is 0 Å². The molecule has 0 saturated heterocycles. The van der Waals surface area contributed by atoms with E-state index in [1.54, 1.807) is 34.5 Å². The van der Waals surface area contributed by atoms with Crippen molar-refractivity contribution in [1.82, 2.24) is 9.97 Å². The molecule has 0 aliphatic rings. The molecule has 1 aromatic heterocycles. The number of nitrogens with zero attached hydrogens (tertiary/aromatic N) is 2. The van der Waals surface area contributed by atoms with Gasteiger partial charge in [0, 0.05) is 12.6 Å². The summed E-state index contributed by atoms with van der Waals surface area (Å²) >= 11 is 0. The Morgan fingerprint density at radius 2 is 1.52 bits per heavy atom. The molecule has 4 N–H and O–H groups in total. The summed E-state index contributed by atoms with van der Waals surface area (Å²) in [6, 6.07) is 11.3. The second kappa shape index (κ2) is 10.2. The molecular weight excluding hydrogens is 398 g/mol. The molecular formula is C22H27N5O4. The summed E-state index contributed by atoms with van der Waals surface area (Å²) < 4.78 is 21.3. The third kappa shape index (κ3) is 5.19. The lowest BCUT2D eigenvalue weighted by Gasteiger charge is -2.15. The van der Waals surface area contributed by atoms with E-state index in [2.05, 4.69) is 20.6 Å². The van der Waals surface area contributed by atoms with E-state index in [4.69, 9.17) is 24.7 Å². The zero-order valence-corrected chi connectivity index (χ0v) is 18.1. The maximum atomic E-state index is 6.30. The van der Waals surface area contributed by atoms with E-state index >= 15 is 0 Å². The number of methoxy groups -OCH3 is 4. The summed E-state index contributed by atoms with van der Waals surface area (Å²) in [4.78, 5) is 8.52. The third-order valence-electron chi connectivity index (χ3n) is 4.70. The van der Waals surface area contributed by atoms with Crippen molar-refractivity contribution in [3.63, 3.8) is 0 Å². The maximum absolute atomic E-state index is 6.30. The first kappa shape index (κ1) is 21.8. The van der Waals surface area contributed by atoms with E-state index in [1.165, 1.54) is 6.33 Å². The van der Waals surface area contributed by atoms with Crippen LogP contribution in [0.3, 0.4) is 0 Å². The van der Waals surface area contributed by atoms with Gasteiger partial charge in [-0.15, -0.1) is 0 Å². The highest BCUT2D eigenvalue weighted by atomic mass is 16.5. The second-order valence-corrected chi connectivity index (χ2v) is 6.54. The smallest absolute Gasteiger partial charge is 0.160 e. The Bertz CT molecular complexity index is 1030. The van der Waals surface area contributed by atoms with Crippen molar-refractivity contribution >= 4 is 23.0 Å². The predicted molar refractivity (Wildman–Crippen MR) is 121 cm³/mol. The molecule has 9 heteroatoms. The summed E-state index contributed by atoms with van der Waals surface area (Å²) in [6.07, 6.45) is 2.19. The van der Waals surface area contributed by atoms with Gasteiger partial charge in [-0.25, -0.2) is 9.97 Å². The summed E-state index contributed by atoms with van der Waals surface area (Å²) in [5.41, 5.74) is 8.48. The monoisotopic (exact) mass is 425 g/mol. The first-order valence-corrected chi connectivity index (χ1v) is 9.63. The Balaban J connectivity index is 1.70. The zero-order chi connectivity index (χ0) is 22.2. The Morgan fingerprint density at radius 1 is 0.806 bits per heavy atom. The van der Waals surface area contributed by atoms with Gasteiger partial charge >= 0.3 is 0 Å². The van der Waals surface area contributed by atoms with Crippen LogP contribution in [0.25, 0.3) is 0 Å². The molecule has 2 aromatic carbocycles. The number of hydrogen-bond acceptors (Lipinski definition) is 9. The van der Waals surface area contributed by atoms with Gasteiger partial charge in [-0.1, -0.05) is 6.07 Å². The lowest BCUT2D eigenvalue weighted by atomic mass is 10.1. The van der Waals surface area contributed by atoms with Crippen molar-refractivity contribution < 1.29 is 18.9 Å². The zero-order valence-electron chi connectivity index (χ0n) is 18.1. The van der Waals surface area contributed by atoms with Crippen LogP contribution in [0, 0.1) is 0 Å². The van der Waals surface area contributed by atoms with Crippen LogP contribution < -0.4 is 35.3 Å². The maximum Gasteiger partial charge on any atom is 0.160 e. The van der Waals surface area contributed by atoms with Crippen molar-refractivity contribution in [2.24, 2.45) is 0 Å². The minimum atomic E-state index is 0.402. The minimum Gasteiger partial charge on any atom is -0.497 e. The molecule has 0 fully saturated rings. The lowest BCUT2D eigenvalue weighted by Crippen LogP contribution is -2.11. The molecule has 164 valence electrons. The third-order valence-corrected chi connectivity index (χ3v) is 4.70. The molecule has 1 heterocycles. The van der Waals surface area contributed by atoms with Gasteiger partial charge in [-0.05, 0) is 36.2 Å². The first-order valence-electron chi connectivity index (χ1n) is 9.63. The SMILES string of the molecule is COc1ccc(OC)c(Nc2ncnc(NCCc3ccc(OC)c(OC)c3)c2N)c1.